The van der Waals surface area contributed by atoms with Crippen LogP contribution in [0.3, 0.4) is 0 Å². The molecule has 0 saturated carbocycles. The number of amides is 1. The van der Waals surface area contributed by atoms with Crippen molar-refractivity contribution in [2.45, 2.75) is 40.5 Å². The quantitative estimate of drug-likeness (QED) is 0.732. The van der Waals surface area contributed by atoms with Crippen LogP contribution in [0, 0.1) is 22.7 Å². The Balaban J connectivity index is 4.03. The van der Waals surface area contributed by atoms with Gasteiger partial charge in [-0.2, -0.15) is 5.26 Å². The third kappa shape index (κ3) is 4.27. The highest BCUT2D eigenvalue weighted by Crippen LogP contribution is 2.12. The highest BCUT2D eigenvalue weighted by atomic mass is 16.1. The zero-order valence-electron chi connectivity index (χ0n) is 9.55. The van der Waals surface area contributed by atoms with Crippen molar-refractivity contribution in [2.75, 3.05) is 6.54 Å². The molecular weight excluding hydrogens is 176 g/mol. The molecule has 3 nitrogen and oxygen atoms in total. The molecule has 0 saturated heterocycles. The standard InChI is InChI=1S/C11H20N2O/c1-5-9(6-2)10(14)13-8-11(3,4)7-12/h9H,5-6,8H2,1-4H3,(H,13,14). The zero-order chi connectivity index (χ0) is 11.2. The van der Waals surface area contributed by atoms with Crippen molar-refractivity contribution in [3.05, 3.63) is 0 Å². The van der Waals surface area contributed by atoms with E-state index in [0.29, 0.717) is 6.54 Å². The van der Waals surface area contributed by atoms with Gasteiger partial charge in [-0.15, -0.1) is 0 Å². The summed E-state index contributed by atoms with van der Waals surface area (Å²) >= 11 is 0. The van der Waals surface area contributed by atoms with Gasteiger partial charge in [-0.05, 0) is 26.7 Å². The van der Waals surface area contributed by atoms with Gasteiger partial charge in [0.2, 0.25) is 5.91 Å². The number of nitrogens with zero attached hydrogens (tertiary/aromatic N) is 1. The Labute approximate surface area is 86.5 Å². The molecule has 0 atom stereocenters. The summed E-state index contributed by atoms with van der Waals surface area (Å²) < 4.78 is 0. The molecule has 80 valence electrons. The van der Waals surface area contributed by atoms with Crippen molar-refractivity contribution in [3.63, 3.8) is 0 Å². The minimum Gasteiger partial charge on any atom is -0.354 e. The summed E-state index contributed by atoms with van der Waals surface area (Å²) in [6.07, 6.45) is 1.71. The average Bonchev–Trinajstić information content (AvgIpc) is 2.17. The van der Waals surface area contributed by atoms with Gasteiger partial charge >= 0.3 is 0 Å². The van der Waals surface area contributed by atoms with Crippen molar-refractivity contribution >= 4 is 5.91 Å². The van der Waals surface area contributed by atoms with Gasteiger partial charge in [-0.25, -0.2) is 0 Å². The molecule has 0 aliphatic rings. The summed E-state index contributed by atoms with van der Waals surface area (Å²) in [6, 6.07) is 2.16. The number of rotatable bonds is 5. The molecule has 0 aromatic heterocycles. The lowest BCUT2D eigenvalue weighted by Crippen LogP contribution is -2.36. The number of nitrogens with one attached hydrogen (secondary N) is 1. The van der Waals surface area contributed by atoms with E-state index >= 15 is 0 Å². The average molecular weight is 196 g/mol. The molecule has 1 N–H and O–H groups in total. The van der Waals surface area contributed by atoms with E-state index in [0.717, 1.165) is 12.8 Å². The Kier molecular flexibility index (Phi) is 5.22. The Hall–Kier alpha value is -1.04. The lowest BCUT2D eigenvalue weighted by molar-refractivity contribution is -0.125. The van der Waals surface area contributed by atoms with E-state index in [1.807, 2.05) is 27.7 Å². The minimum absolute atomic E-state index is 0.0679. The second kappa shape index (κ2) is 5.64. The first-order chi connectivity index (χ1) is 6.46. The summed E-state index contributed by atoms with van der Waals surface area (Å²) in [4.78, 5) is 11.5. The first-order valence-electron chi connectivity index (χ1n) is 5.15. The molecule has 0 aliphatic heterocycles. The Morgan fingerprint density at radius 2 is 1.93 bits per heavy atom. The molecule has 0 bridgehead atoms. The van der Waals surface area contributed by atoms with E-state index in [1.54, 1.807) is 0 Å². The third-order valence-electron chi connectivity index (χ3n) is 2.36. The van der Waals surface area contributed by atoms with Crippen LogP contribution >= 0.6 is 0 Å². The summed E-state index contributed by atoms with van der Waals surface area (Å²) in [5.74, 6) is 0.155. The van der Waals surface area contributed by atoms with Gasteiger partial charge in [0.25, 0.3) is 0 Å². The van der Waals surface area contributed by atoms with Crippen LogP contribution in [0.5, 0.6) is 0 Å². The molecule has 14 heavy (non-hydrogen) atoms. The number of carbonyl (C=O) groups excluding carboxylic acids is 1. The van der Waals surface area contributed by atoms with Crippen molar-refractivity contribution < 1.29 is 4.79 Å². The third-order valence-corrected chi connectivity index (χ3v) is 2.36. The van der Waals surface area contributed by atoms with Gasteiger partial charge in [0, 0.05) is 12.5 Å². The maximum absolute atomic E-state index is 11.5. The summed E-state index contributed by atoms with van der Waals surface area (Å²) in [6.45, 7) is 8.07. The van der Waals surface area contributed by atoms with Crippen molar-refractivity contribution in [3.8, 4) is 6.07 Å². The number of nitriles is 1. The number of hydrogen-bond donors (Lipinski definition) is 1. The summed E-state index contributed by atoms with van der Waals surface area (Å²) in [5, 5.41) is 11.6. The maximum atomic E-state index is 11.5. The van der Waals surface area contributed by atoms with Crippen LogP contribution in [-0.4, -0.2) is 12.5 Å². The Morgan fingerprint density at radius 3 is 2.29 bits per heavy atom. The molecule has 0 aromatic rings. The fraction of sp³-hybridized carbons (Fsp3) is 0.818. The van der Waals surface area contributed by atoms with Crippen LogP contribution < -0.4 is 5.32 Å². The highest BCUT2D eigenvalue weighted by molar-refractivity contribution is 5.78. The van der Waals surface area contributed by atoms with E-state index < -0.39 is 5.41 Å². The molecule has 0 heterocycles. The minimum atomic E-state index is -0.471. The van der Waals surface area contributed by atoms with Crippen molar-refractivity contribution in [2.24, 2.45) is 11.3 Å². The van der Waals surface area contributed by atoms with Crippen LogP contribution in [-0.2, 0) is 4.79 Å². The SMILES string of the molecule is CCC(CC)C(=O)NCC(C)(C)C#N. The molecular formula is C11H20N2O. The van der Waals surface area contributed by atoms with Crippen LogP contribution in [0.4, 0.5) is 0 Å². The maximum Gasteiger partial charge on any atom is 0.223 e. The van der Waals surface area contributed by atoms with Gasteiger partial charge in [-0.3, -0.25) is 4.79 Å². The molecule has 1 amide bonds. The van der Waals surface area contributed by atoms with Crippen LogP contribution in [0.2, 0.25) is 0 Å². The van der Waals surface area contributed by atoms with E-state index in [2.05, 4.69) is 11.4 Å². The fourth-order valence-electron chi connectivity index (χ4n) is 1.15. The number of carbonyl (C=O) groups is 1. The van der Waals surface area contributed by atoms with Gasteiger partial charge in [0.15, 0.2) is 0 Å². The second-order valence-corrected chi connectivity index (χ2v) is 4.23. The fourth-order valence-corrected chi connectivity index (χ4v) is 1.15. The molecule has 0 rings (SSSR count). The lowest BCUT2D eigenvalue weighted by atomic mass is 9.95. The van der Waals surface area contributed by atoms with Crippen LogP contribution in [0.25, 0.3) is 0 Å². The van der Waals surface area contributed by atoms with E-state index in [1.165, 1.54) is 0 Å². The van der Waals surface area contributed by atoms with Gasteiger partial charge in [0.05, 0.1) is 11.5 Å². The van der Waals surface area contributed by atoms with E-state index in [-0.39, 0.29) is 11.8 Å². The monoisotopic (exact) mass is 196 g/mol. The van der Waals surface area contributed by atoms with Crippen LogP contribution in [0.15, 0.2) is 0 Å². The smallest absolute Gasteiger partial charge is 0.223 e. The van der Waals surface area contributed by atoms with Gasteiger partial charge < -0.3 is 5.32 Å². The molecule has 0 fully saturated rings. The topological polar surface area (TPSA) is 52.9 Å². The lowest BCUT2D eigenvalue weighted by Gasteiger charge is -2.18. The molecule has 0 aromatic carbocycles. The van der Waals surface area contributed by atoms with Crippen molar-refractivity contribution in [1.82, 2.24) is 5.32 Å². The highest BCUT2D eigenvalue weighted by Gasteiger charge is 2.20. The zero-order valence-corrected chi connectivity index (χ0v) is 9.55. The predicted octanol–water partition coefficient (Wildman–Crippen LogP) is 2.09. The summed E-state index contributed by atoms with van der Waals surface area (Å²) in [7, 11) is 0. The Morgan fingerprint density at radius 1 is 1.43 bits per heavy atom. The largest absolute Gasteiger partial charge is 0.354 e. The van der Waals surface area contributed by atoms with Crippen LogP contribution in [0.1, 0.15) is 40.5 Å². The van der Waals surface area contributed by atoms with E-state index in [4.69, 9.17) is 5.26 Å². The second-order valence-electron chi connectivity index (χ2n) is 4.23. The van der Waals surface area contributed by atoms with Gasteiger partial charge in [-0.1, -0.05) is 13.8 Å². The molecule has 0 spiro atoms. The normalized spacial score (nSPS) is 11.1. The predicted molar refractivity (Wildman–Crippen MR) is 56.5 cm³/mol. The molecule has 0 radical (unpaired) electrons. The van der Waals surface area contributed by atoms with Gasteiger partial charge in [0.1, 0.15) is 0 Å². The first kappa shape index (κ1) is 13.0. The van der Waals surface area contributed by atoms with E-state index in [9.17, 15) is 4.79 Å². The summed E-state index contributed by atoms with van der Waals surface area (Å²) in [5.41, 5.74) is -0.471. The molecule has 0 aliphatic carbocycles. The van der Waals surface area contributed by atoms with Crippen molar-refractivity contribution in [1.29, 1.82) is 5.26 Å². The molecule has 0 unspecified atom stereocenters. The first-order valence-corrected chi connectivity index (χ1v) is 5.15. The number of hydrogen-bond acceptors (Lipinski definition) is 2. The Bertz CT molecular complexity index is 224. The molecule has 3 heteroatoms.